The summed E-state index contributed by atoms with van der Waals surface area (Å²) in [7, 11) is 0. The third kappa shape index (κ3) is 4.66. The number of pyridine rings is 1. The summed E-state index contributed by atoms with van der Waals surface area (Å²) in [6, 6.07) is 3.78. The second-order valence-electron chi connectivity index (χ2n) is 6.11. The van der Waals surface area contributed by atoms with Crippen LogP contribution in [0.5, 0.6) is 0 Å². The fourth-order valence-corrected chi connectivity index (χ4v) is 2.83. The molecule has 4 rings (SSSR count). The van der Waals surface area contributed by atoms with E-state index in [0.717, 1.165) is 31.7 Å². The van der Waals surface area contributed by atoms with Crippen LogP contribution in [0.25, 0.3) is 0 Å². The normalized spacial score (nSPS) is 18.1. The highest BCUT2D eigenvalue weighted by Crippen LogP contribution is 2.18. The zero-order valence-electron chi connectivity index (χ0n) is 15.0. The first-order chi connectivity index (χ1) is 13.4. The predicted molar refractivity (Wildman–Crippen MR) is 101 cm³/mol. The Morgan fingerprint density at radius 3 is 2.11 bits per heavy atom. The molecular formula is C17H22N8O2. The molecule has 2 aromatic heterocycles. The number of hydrazone groups is 1. The molecule has 0 bridgehead atoms. The van der Waals surface area contributed by atoms with Crippen molar-refractivity contribution in [3.8, 4) is 0 Å². The van der Waals surface area contributed by atoms with Crippen LogP contribution >= 0.6 is 0 Å². The van der Waals surface area contributed by atoms with Gasteiger partial charge in [-0.1, -0.05) is 6.07 Å². The van der Waals surface area contributed by atoms with Gasteiger partial charge in [-0.15, -0.1) is 0 Å². The van der Waals surface area contributed by atoms with Gasteiger partial charge in [-0.25, -0.2) is 5.43 Å². The van der Waals surface area contributed by atoms with Crippen LogP contribution < -0.4 is 15.2 Å². The molecule has 10 heteroatoms. The van der Waals surface area contributed by atoms with E-state index in [1.54, 1.807) is 18.6 Å². The quantitative estimate of drug-likeness (QED) is 0.591. The maximum atomic E-state index is 5.43. The molecule has 27 heavy (non-hydrogen) atoms. The topological polar surface area (TPSA) is 101 Å². The van der Waals surface area contributed by atoms with E-state index in [4.69, 9.17) is 9.47 Å². The van der Waals surface area contributed by atoms with Crippen molar-refractivity contribution in [3.05, 3.63) is 30.1 Å². The van der Waals surface area contributed by atoms with Gasteiger partial charge in [0.1, 0.15) is 0 Å². The van der Waals surface area contributed by atoms with Crippen LogP contribution in [0.4, 0.5) is 17.8 Å². The highest BCUT2D eigenvalue weighted by atomic mass is 16.5. The van der Waals surface area contributed by atoms with Crippen molar-refractivity contribution >= 4 is 24.1 Å². The summed E-state index contributed by atoms with van der Waals surface area (Å²) in [5.74, 6) is 1.68. The van der Waals surface area contributed by atoms with E-state index < -0.39 is 0 Å². The summed E-state index contributed by atoms with van der Waals surface area (Å²) in [6.07, 6.45) is 5.14. The number of anilines is 3. The van der Waals surface area contributed by atoms with Crippen molar-refractivity contribution in [2.75, 3.05) is 67.8 Å². The van der Waals surface area contributed by atoms with Crippen LogP contribution in [0.15, 0.2) is 29.6 Å². The lowest BCUT2D eigenvalue weighted by atomic mass is 10.3. The number of rotatable bonds is 5. The minimum Gasteiger partial charge on any atom is -0.378 e. The third-order valence-electron chi connectivity index (χ3n) is 4.26. The van der Waals surface area contributed by atoms with E-state index in [1.807, 2.05) is 12.1 Å². The standard InChI is InChI=1S/C17H22N8O2/c1-2-14(12-18-3-1)13-19-23-15-20-16(24-4-8-26-9-5-24)22-17(21-15)25-6-10-27-11-7-25/h1-3,12-13H,4-11H2,(H,20,21,22,23)/b19-13-. The third-order valence-corrected chi connectivity index (χ3v) is 4.26. The molecule has 10 nitrogen and oxygen atoms in total. The van der Waals surface area contributed by atoms with E-state index in [9.17, 15) is 0 Å². The van der Waals surface area contributed by atoms with E-state index in [-0.39, 0.29) is 0 Å². The average molecular weight is 370 g/mol. The average Bonchev–Trinajstić information content (AvgIpc) is 2.76. The minimum atomic E-state index is 0.410. The highest BCUT2D eigenvalue weighted by molar-refractivity contribution is 5.79. The fraction of sp³-hybridized carbons (Fsp3) is 0.471. The van der Waals surface area contributed by atoms with Crippen molar-refractivity contribution in [1.82, 2.24) is 19.9 Å². The Labute approximate surface area is 157 Å². The lowest BCUT2D eigenvalue weighted by Gasteiger charge is -2.30. The Kier molecular flexibility index (Phi) is 5.65. The Hall–Kier alpha value is -2.85. The Morgan fingerprint density at radius 1 is 0.926 bits per heavy atom. The maximum Gasteiger partial charge on any atom is 0.250 e. The van der Waals surface area contributed by atoms with E-state index in [1.165, 1.54) is 0 Å². The minimum absolute atomic E-state index is 0.410. The number of ether oxygens (including phenoxy) is 2. The summed E-state index contributed by atoms with van der Waals surface area (Å²) in [4.78, 5) is 22.0. The van der Waals surface area contributed by atoms with Crippen LogP contribution in [0.2, 0.25) is 0 Å². The van der Waals surface area contributed by atoms with Crippen molar-refractivity contribution in [1.29, 1.82) is 0 Å². The molecule has 0 saturated carbocycles. The fourth-order valence-electron chi connectivity index (χ4n) is 2.83. The van der Waals surface area contributed by atoms with Crippen molar-refractivity contribution < 1.29 is 9.47 Å². The van der Waals surface area contributed by atoms with Gasteiger partial charge in [-0.2, -0.15) is 20.1 Å². The molecule has 142 valence electrons. The number of aromatic nitrogens is 4. The van der Waals surface area contributed by atoms with Crippen molar-refractivity contribution in [2.45, 2.75) is 0 Å². The molecule has 2 saturated heterocycles. The first-order valence-corrected chi connectivity index (χ1v) is 8.99. The zero-order chi connectivity index (χ0) is 18.3. The van der Waals surface area contributed by atoms with E-state index in [0.29, 0.717) is 44.3 Å². The number of nitrogens with zero attached hydrogens (tertiary/aromatic N) is 7. The van der Waals surface area contributed by atoms with Gasteiger partial charge in [-0.05, 0) is 6.07 Å². The molecule has 0 unspecified atom stereocenters. The molecule has 2 aromatic rings. The second kappa shape index (κ2) is 8.69. The highest BCUT2D eigenvalue weighted by Gasteiger charge is 2.20. The van der Waals surface area contributed by atoms with Crippen LogP contribution in [-0.2, 0) is 9.47 Å². The second-order valence-corrected chi connectivity index (χ2v) is 6.11. The monoisotopic (exact) mass is 370 g/mol. The Morgan fingerprint density at radius 2 is 1.56 bits per heavy atom. The molecule has 0 amide bonds. The van der Waals surface area contributed by atoms with Crippen LogP contribution in [-0.4, -0.2) is 78.8 Å². The van der Waals surface area contributed by atoms with E-state index >= 15 is 0 Å². The molecule has 2 fully saturated rings. The van der Waals surface area contributed by atoms with Gasteiger partial charge in [-0.3, -0.25) is 4.98 Å². The van der Waals surface area contributed by atoms with Gasteiger partial charge in [0.2, 0.25) is 17.8 Å². The SMILES string of the molecule is C(=N/Nc1nc(N2CCOCC2)nc(N2CCOCC2)n1)/c1cccnc1. The summed E-state index contributed by atoms with van der Waals surface area (Å²) < 4.78 is 10.9. The van der Waals surface area contributed by atoms with Gasteiger partial charge < -0.3 is 19.3 Å². The molecule has 2 aliphatic rings. The Bertz CT molecular complexity index is 725. The van der Waals surface area contributed by atoms with Gasteiger partial charge in [0.25, 0.3) is 0 Å². The van der Waals surface area contributed by atoms with Crippen LogP contribution in [0.1, 0.15) is 5.56 Å². The molecule has 0 atom stereocenters. The van der Waals surface area contributed by atoms with Crippen LogP contribution in [0, 0.1) is 0 Å². The smallest absolute Gasteiger partial charge is 0.250 e. The summed E-state index contributed by atoms with van der Waals surface area (Å²) in [6.45, 7) is 5.69. The molecular weight excluding hydrogens is 348 g/mol. The zero-order valence-corrected chi connectivity index (χ0v) is 15.0. The number of hydrogen-bond acceptors (Lipinski definition) is 10. The molecule has 0 spiro atoms. The molecule has 0 radical (unpaired) electrons. The van der Waals surface area contributed by atoms with Gasteiger partial charge in [0.05, 0.1) is 32.6 Å². The molecule has 0 aromatic carbocycles. The lowest BCUT2D eigenvalue weighted by Crippen LogP contribution is -2.40. The number of hydrogen-bond donors (Lipinski definition) is 1. The van der Waals surface area contributed by atoms with Crippen LogP contribution in [0.3, 0.4) is 0 Å². The number of nitrogens with one attached hydrogen (secondary N) is 1. The lowest BCUT2D eigenvalue weighted by molar-refractivity contribution is 0.121. The van der Waals surface area contributed by atoms with Gasteiger partial charge >= 0.3 is 0 Å². The molecule has 2 aliphatic heterocycles. The van der Waals surface area contributed by atoms with Crippen molar-refractivity contribution in [3.63, 3.8) is 0 Å². The van der Waals surface area contributed by atoms with E-state index in [2.05, 4.69) is 40.3 Å². The number of morpholine rings is 2. The maximum absolute atomic E-state index is 5.43. The summed E-state index contributed by atoms with van der Waals surface area (Å²) >= 11 is 0. The van der Waals surface area contributed by atoms with Gasteiger partial charge in [0.15, 0.2) is 0 Å². The Balaban J connectivity index is 1.55. The molecule has 0 aliphatic carbocycles. The largest absolute Gasteiger partial charge is 0.378 e. The van der Waals surface area contributed by atoms with Gasteiger partial charge in [0, 0.05) is 44.1 Å². The molecule has 4 heterocycles. The first-order valence-electron chi connectivity index (χ1n) is 8.99. The predicted octanol–water partition coefficient (Wildman–Crippen LogP) is 0.386. The molecule has 1 N–H and O–H groups in total. The first kappa shape index (κ1) is 17.6. The van der Waals surface area contributed by atoms with Crippen molar-refractivity contribution in [2.24, 2.45) is 5.10 Å². The summed E-state index contributed by atoms with van der Waals surface area (Å²) in [5.41, 5.74) is 3.81. The summed E-state index contributed by atoms with van der Waals surface area (Å²) in [5, 5.41) is 4.23.